The molecule has 1 aromatic carbocycles. The van der Waals surface area contributed by atoms with Crippen molar-refractivity contribution < 1.29 is 4.79 Å². The van der Waals surface area contributed by atoms with Crippen molar-refractivity contribution in [3.05, 3.63) is 59.7 Å². The SMILES string of the molecule is Cc1cc(C(=O)Nc2ccccc2Sc2nccn2C)c2c(C)nn(C)c2n1. The topological polar surface area (TPSA) is 77.6 Å². The molecule has 0 aliphatic carbocycles. The first-order valence-electron chi connectivity index (χ1n) is 8.80. The number of pyridine rings is 1. The van der Waals surface area contributed by atoms with Gasteiger partial charge in [-0.2, -0.15) is 5.10 Å². The van der Waals surface area contributed by atoms with Crippen LogP contribution in [0.3, 0.4) is 0 Å². The summed E-state index contributed by atoms with van der Waals surface area (Å²) in [6.07, 6.45) is 3.65. The molecule has 7 nitrogen and oxygen atoms in total. The molecule has 0 aliphatic heterocycles. The van der Waals surface area contributed by atoms with E-state index in [4.69, 9.17) is 0 Å². The van der Waals surface area contributed by atoms with Gasteiger partial charge in [0, 0.05) is 37.1 Å². The zero-order valence-corrected chi connectivity index (χ0v) is 16.9. The van der Waals surface area contributed by atoms with Crippen LogP contribution in [-0.4, -0.2) is 30.2 Å². The Labute approximate surface area is 166 Å². The third-order valence-corrected chi connectivity index (χ3v) is 5.61. The number of rotatable bonds is 4. The van der Waals surface area contributed by atoms with Gasteiger partial charge in [-0.15, -0.1) is 0 Å². The average molecular weight is 392 g/mol. The standard InChI is InChI=1S/C20H20N6OS/c1-12-11-14(17-13(2)24-26(4)18(17)22-12)19(27)23-15-7-5-6-8-16(15)28-20-21-9-10-25(20)3/h5-11H,1-4H3,(H,23,27). The second kappa shape index (κ2) is 7.12. The number of aromatic nitrogens is 5. The van der Waals surface area contributed by atoms with Crippen LogP contribution in [0, 0.1) is 13.8 Å². The first kappa shape index (κ1) is 18.2. The van der Waals surface area contributed by atoms with Gasteiger partial charge in [-0.1, -0.05) is 12.1 Å². The summed E-state index contributed by atoms with van der Waals surface area (Å²) in [5.41, 5.74) is 3.58. The van der Waals surface area contributed by atoms with Gasteiger partial charge in [-0.3, -0.25) is 9.48 Å². The first-order valence-corrected chi connectivity index (χ1v) is 9.62. The molecule has 0 spiro atoms. The zero-order valence-electron chi connectivity index (χ0n) is 16.1. The molecular formula is C20H20N6OS. The van der Waals surface area contributed by atoms with Crippen molar-refractivity contribution in [3.8, 4) is 0 Å². The predicted octanol–water partition coefficient (Wildman–Crippen LogP) is 3.72. The normalized spacial score (nSPS) is 11.1. The Hall–Kier alpha value is -3.13. The lowest BCUT2D eigenvalue weighted by atomic mass is 10.1. The highest BCUT2D eigenvalue weighted by Gasteiger charge is 2.19. The summed E-state index contributed by atoms with van der Waals surface area (Å²) in [5.74, 6) is -0.181. The fraction of sp³-hybridized carbons (Fsp3) is 0.200. The minimum absolute atomic E-state index is 0.181. The maximum absolute atomic E-state index is 13.2. The Balaban J connectivity index is 1.71. The van der Waals surface area contributed by atoms with Crippen LogP contribution in [0.15, 0.2) is 52.8 Å². The van der Waals surface area contributed by atoms with E-state index in [0.29, 0.717) is 11.2 Å². The monoisotopic (exact) mass is 392 g/mol. The number of hydrogen-bond acceptors (Lipinski definition) is 5. The van der Waals surface area contributed by atoms with Crippen LogP contribution in [0.1, 0.15) is 21.7 Å². The number of imidazole rings is 1. The third kappa shape index (κ3) is 3.27. The van der Waals surface area contributed by atoms with E-state index >= 15 is 0 Å². The molecule has 0 fully saturated rings. The largest absolute Gasteiger partial charge is 0.329 e. The van der Waals surface area contributed by atoms with Crippen molar-refractivity contribution in [3.63, 3.8) is 0 Å². The van der Waals surface area contributed by atoms with Crippen molar-refractivity contribution in [1.29, 1.82) is 0 Å². The number of nitrogens with zero attached hydrogens (tertiary/aromatic N) is 5. The van der Waals surface area contributed by atoms with Crippen LogP contribution in [0.2, 0.25) is 0 Å². The summed E-state index contributed by atoms with van der Waals surface area (Å²) in [5, 5.41) is 9.10. The zero-order chi connectivity index (χ0) is 19.8. The molecule has 3 aromatic heterocycles. The molecular weight excluding hydrogens is 372 g/mol. The number of amides is 1. The summed E-state index contributed by atoms with van der Waals surface area (Å²) in [6.45, 7) is 3.77. The summed E-state index contributed by atoms with van der Waals surface area (Å²) in [4.78, 5) is 23.0. The van der Waals surface area contributed by atoms with Gasteiger partial charge in [0.05, 0.1) is 22.3 Å². The summed E-state index contributed by atoms with van der Waals surface area (Å²) < 4.78 is 3.65. The van der Waals surface area contributed by atoms with Crippen LogP contribution < -0.4 is 5.32 Å². The number of aryl methyl sites for hydroxylation is 4. The van der Waals surface area contributed by atoms with E-state index in [9.17, 15) is 4.79 Å². The van der Waals surface area contributed by atoms with E-state index in [1.807, 2.05) is 63.0 Å². The summed E-state index contributed by atoms with van der Waals surface area (Å²) >= 11 is 1.51. The highest BCUT2D eigenvalue weighted by Crippen LogP contribution is 2.33. The molecule has 0 saturated carbocycles. The number of hydrogen-bond donors (Lipinski definition) is 1. The van der Waals surface area contributed by atoms with Gasteiger partial charge in [0.1, 0.15) is 0 Å². The van der Waals surface area contributed by atoms with Crippen LogP contribution in [0.5, 0.6) is 0 Å². The van der Waals surface area contributed by atoms with Crippen LogP contribution in [0.4, 0.5) is 5.69 Å². The van der Waals surface area contributed by atoms with E-state index in [1.54, 1.807) is 16.9 Å². The maximum atomic E-state index is 13.2. The number of benzene rings is 1. The summed E-state index contributed by atoms with van der Waals surface area (Å²) in [7, 11) is 3.78. The van der Waals surface area contributed by atoms with E-state index in [-0.39, 0.29) is 5.91 Å². The Kier molecular flexibility index (Phi) is 4.64. The van der Waals surface area contributed by atoms with E-state index < -0.39 is 0 Å². The van der Waals surface area contributed by atoms with Gasteiger partial charge in [-0.05, 0) is 43.8 Å². The van der Waals surface area contributed by atoms with Gasteiger partial charge in [0.15, 0.2) is 10.8 Å². The highest BCUT2D eigenvalue weighted by molar-refractivity contribution is 7.99. The number of carbonyl (C=O) groups excluding carboxylic acids is 1. The molecule has 1 N–H and O–H groups in total. The van der Waals surface area contributed by atoms with E-state index in [0.717, 1.165) is 32.5 Å². The Morgan fingerprint density at radius 2 is 1.96 bits per heavy atom. The van der Waals surface area contributed by atoms with Crippen molar-refractivity contribution in [2.45, 2.75) is 23.9 Å². The molecule has 0 aliphatic rings. The van der Waals surface area contributed by atoms with Gasteiger partial charge in [0.2, 0.25) is 0 Å². The van der Waals surface area contributed by atoms with Crippen LogP contribution in [-0.2, 0) is 14.1 Å². The number of anilines is 1. The van der Waals surface area contributed by atoms with E-state index in [1.165, 1.54) is 11.8 Å². The van der Waals surface area contributed by atoms with Gasteiger partial charge in [0.25, 0.3) is 5.91 Å². The lowest BCUT2D eigenvalue weighted by Crippen LogP contribution is -2.14. The molecule has 0 unspecified atom stereocenters. The molecule has 0 saturated heterocycles. The molecule has 4 aromatic rings. The van der Waals surface area contributed by atoms with Crippen molar-refractivity contribution in [1.82, 2.24) is 24.3 Å². The van der Waals surface area contributed by atoms with E-state index in [2.05, 4.69) is 20.4 Å². The third-order valence-electron chi connectivity index (χ3n) is 4.45. The van der Waals surface area contributed by atoms with Crippen molar-refractivity contribution in [2.24, 2.45) is 14.1 Å². The van der Waals surface area contributed by atoms with Crippen LogP contribution in [0.25, 0.3) is 11.0 Å². The van der Waals surface area contributed by atoms with Gasteiger partial charge in [-0.25, -0.2) is 9.97 Å². The Morgan fingerprint density at radius 3 is 2.71 bits per heavy atom. The Bertz CT molecular complexity index is 1190. The second-order valence-electron chi connectivity index (χ2n) is 6.59. The second-order valence-corrected chi connectivity index (χ2v) is 7.60. The molecule has 28 heavy (non-hydrogen) atoms. The predicted molar refractivity (Wildman–Crippen MR) is 110 cm³/mol. The molecule has 8 heteroatoms. The number of fused-ring (bicyclic) bond motifs is 1. The maximum Gasteiger partial charge on any atom is 0.256 e. The molecule has 0 radical (unpaired) electrons. The Morgan fingerprint density at radius 1 is 1.18 bits per heavy atom. The summed E-state index contributed by atoms with van der Waals surface area (Å²) in [6, 6.07) is 9.52. The van der Waals surface area contributed by atoms with Crippen molar-refractivity contribution >= 4 is 34.4 Å². The number of para-hydroxylation sites is 1. The van der Waals surface area contributed by atoms with Gasteiger partial charge >= 0.3 is 0 Å². The fourth-order valence-corrected chi connectivity index (χ4v) is 4.04. The molecule has 4 rings (SSSR count). The minimum atomic E-state index is -0.181. The molecule has 3 heterocycles. The minimum Gasteiger partial charge on any atom is -0.329 e. The molecule has 142 valence electrons. The van der Waals surface area contributed by atoms with Crippen LogP contribution >= 0.6 is 11.8 Å². The fourth-order valence-electron chi connectivity index (χ4n) is 3.15. The van der Waals surface area contributed by atoms with Gasteiger partial charge < -0.3 is 9.88 Å². The number of nitrogens with one attached hydrogen (secondary N) is 1. The lowest BCUT2D eigenvalue weighted by Gasteiger charge is -2.12. The molecule has 0 bridgehead atoms. The average Bonchev–Trinajstić information content (AvgIpc) is 3.19. The lowest BCUT2D eigenvalue weighted by molar-refractivity contribution is 0.102. The van der Waals surface area contributed by atoms with Crippen molar-refractivity contribution in [2.75, 3.05) is 5.32 Å². The number of carbonyl (C=O) groups is 1. The smallest absolute Gasteiger partial charge is 0.256 e. The quantitative estimate of drug-likeness (QED) is 0.573. The molecule has 0 atom stereocenters. The first-order chi connectivity index (χ1) is 13.4. The highest BCUT2D eigenvalue weighted by atomic mass is 32.2. The molecule has 1 amide bonds.